The van der Waals surface area contributed by atoms with Gasteiger partial charge in [0.05, 0.1) is 11.6 Å². The molecule has 1 aliphatic carbocycles. The van der Waals surface area contributed by atoms with E-state index in [0.29, 0.717) is 19.0 Å². The predicted molar refractivity (Wildman–Crippen MR) is 62.0 cm³/mol. The lowest BCUT2D eigenvalue weighted by Gasteiger charge is -2.49. The molecule has 1 atom stereocenters. The van der Waals surface area contributed by atoms with Gasteiger partial charge in [0.2, 0.25) is 5.91 Å². The van der Waals surface area contributed by atoms with Gasteiger partial charge in [0.25, 0.3) is 0 Å². The van der Waals surface area contributed by atoms with Crippen molar-refractivity contribution in [3.8, 4) is 0 Å². The van der Waals surface area contributed by atoms with E-state index in [-0.39, 0.29) is 11.9 Å². The number of carbonyl (C=O) groups excluding carboxylic acids is 1. The number of β-amino-alcohol motifs (C(OH)–C–C–N with tert-alkyl or cyclic N) is 1. The second kappa shape index (κ2) is 4.34. The van der Waals surface area contributed by atoms with Crippen molar-refractivity contribution >= 4 is 5.91 Å². The van der Waals surface area contributed by atoms with Gasteiger partial charge in [0.15, 0.2) is 0 Å². The minimum Gasteiger partial charge on any atom is -0.387 e. The molecule has 0 aromatic rings. The zero-order valence-corrected chi connectivity index (χ0v) is 10.2. The molecule has 0 aromatic carbocycles. The Bertz CT molecular complexity index is 270. The van der Waals surface area contributed by atoms with E-state index in [9.17, 15) is 9.90 Å². The van der Waals surface area contributed by atoms with Gasteiger partial charge in [-0.2, -0.15) is 0 Å². The third kappa shape index (κ3) is 2.23. The highest BCUT2D eigenvalue weighted by molar-refractivity contribution is 5.81. The van der Waals surface area contributed by atoms with Gasteiger partial charge in [-0.3, -0.25) is 9.69 Å². The molecular formula is C12H22N2O2. The lowest BCUT2D eigenvalue weighted by atomic mass is 9.87. The molecule has 0 bridgehead atoms. The third-order valence-electron chi connectivity index (χ3n) is 3.77. The molecule has 1 heterocycles. The fraction of sp³-hybridized carbons (Fsp3) is 0.917. The first kappa shape index (κ1) is 11.9. The minimum absolute atomic E-state index is 0.0831. The first-order valence-electron chi connectivity index (χ1n) is 6.31. The summed E-state index contributed by atoms with van der Waals surface area (Å²) in [4.78, 5) is 13.8. The fourth-order valence-corrected chi connectivity index (χ4v) is 2.37. The standard InChI is InChI=1S/C12H22N2O2/c1-3-6-13-11(15)9(2)14-7-12(16,8-14)10-4-5-10/h9-10,16H,3-8H2,1-2H3,(H,13,15). The molecule has 1 saturated heterocycles. The molecule has 0 spiro atoms. The summed E-state index contributed by atoms with van der Waals surface area (Å²) >= 11 is 0. The summed E-state index contributed by atoms with van der Waals surface area (Å²) in [6, 6.07) is -0.106. The van der Waals surface area contributed by atoms with Crippen molar-refractivity contribution in [2.75, 3.05) is 19.6 Å². The van der Waals surface area contributed by atoms with Crippen LogP contribution in [0.5, 0.6) is 0 Å². The Kier molecular flexibility index (Phi) is 3.22. The molecule has 1 unspecified atom stereocenters. The minimum atomic E-state index is -0.487. The van der Waals surface area contributed by atoms with Crippen molar-refractivity contribution in [3.05, 3.63) is 0 Å². The lowest BCUT2D eigenvalue weighted by molar-refractivity contribution is -0.147. The summed E-state index contributed by atoms with van der Waals surface area (Å²) in [5, 5.41) is 13.0. The van der Waals surface area contributed by atoms with Crippen LogP contribution in [-0.4, -0.2) is 47.2 Å². The van der Waals surface area contributed by atoms with Gasteiger partial charge in [0.1, 0.15) is 0 Å². The number of aliphatic hydroxyl groups is 1. The molecule has 2 aliphatic rings. The van der Waals surface area contributed by atoms with Crippen LogP contribution in [0.25, 0.3) is 0 Å². The van der Waals surface area contributed by atoms with Gasteiger partial charge in [-0.25, -0.2) is 0 Å². The topological polar surface area (TPSA) is 52.6 Å². The van der Waals surface area contributed by atoms with E-state index in [1.165, 1.54) is 0 Å². The van der Waals surface area contributed by atoms with Crippen LogP contribution < -0.4 is 5.32 Å². The molecule has 2 fully saturated rings. The number of likely N-dealkylation sites (tertiary alicyclic amines) is 1. The lowest BCUT2D eigenvalue weighted by Crippen LogP contribution is -2.67. The van der Waals surface area contributed by atoms with Crippen LogP contribution in [0.15, 0.2) is 0 Å². The molecule has 92 valence electrons. The van der Waals surface area contributed by atoms with E-state index in [4.69, 9.17) is 0 Å². The van der Waals surface area contributed by atoms with Crippen molar-refractivity contribution in [1.29, 1.82) is 0 Å². The second-order valence-corrected chi connectivity index (χ2v) is 5.25. The zero-order valence-electron chi connectivity index (χ0n) is 10.2. The second-order valence-electron chi connectivity index (χ2n) is 5.25. The maximum absolute atomic E-state index is 11.7. The Morgan fingerprint density at radius 1 is 1.56 bits per heavy atom. The number of rotatable bonds is 5. The quantitative estimate of drug-likeness (QED) is 0.711. The first-order chi connectivity index (χ1) is 7.57. The molecule has 4 heteroatoms. The number of nitrogens with zero attached hydrogens (tertiary/aromatic N) is 1. The summed E-state index contributed by atoms with van der Waals surface area (Å²) in [6.45, 7) is 6.03. The highest BCUT2D eigenvalue weighted by Crippen LogP contribution is 2.44. The number of nitrogens with one attached hydrogen (secondary N) is 1. The Morgan fingerprint density at radius 3 is 2.69 bits per heavy atom. The van der Waals surface area contributed by atoms with Crippen molar-refractivity contribution in [3.63, 3.8) is 0 Å². The number of carbonyl (C=O) groups is 1. The smallest absolute Gasteiger partial charge is 0.237 e. The number of hydrogen-bond acceptors (Lipinski definition) is 3. The molecule has 0 radical (unpaired) electrons. The monoisotopic (exact) mass is 226 g/mol. The van der Waals surface area contributed by atoms with Crippen LogP contribution in [0, 0.1) is 5.92 Å². The Morgan fingerprint density at radius 2 is 2.19 bits per heavy atom. The third-order valence-corrected chi connectivity index (χ3v) is 3.77. The van der Waals surface area contributed by atoms with Crippen LogP contribution in [0.2, 0.25) is 0 Å². The molecule has 1 amide bonds. The van der Waals surface area contributed by atoms with Gasteiger partial charge >= 0.3 is 0 Å². The molecule has 2 N–H and O–H groups in total. The summed E-state index contributed by atoms with van der Waals surface area (Å²) in [5.74, 6) is 0.578. The van der Waals surface area contributed by atoms with Crippen LogP contribution in [0.3, 0.4) is 0 Å². The summed E-state index contributed by atoms with van der Waals surface area (Å²) < 4.78 is 0. The molecule has 1 saturated carbocycles. The largest absolute Gasteiger partial charge is 0.387 e. The Labute approximate surface area is 97.0 Å². The first-order valence-corrected chi connectivity index (χ1v) is 6.31. The van der Waals surface area contributed by atoms with Gasteiger partial charge in [-0.15, -0.1) is 0 Å². The fourth-order valence-electron chi connectivity index (χ4n) is 2.37. The van der Waals surface area contributed by atoms with Crippen molar-refractivity contribution in [1.82, 2.24) is 10.2 Å². The molecule has 2 rings (SSSR count). The highest BCUT2D eigenvalue weighted by atomic mass is 16.3. The number of hydrogen-bond donors (Lipinski definition) is 2. The van der Waals surface area contributed by atoms with E-state index in [2.05, 4.69) is 10.2 Å². The van der Waals surface area contributed by atoms with E-state index >= 15 is 0 Å². The molecule has 16 heavy (non-hydrogen) atoms. The van der Waals surface area contributed by atoms with Crippen molar-refractivity contribution < 1.29 is 9.90 Å². The maximum Gasteiger partial charge on any atom is 0.237 e. The Balaban J connectivity index is 1.75. The van der Waals surface area contributed by atoms with E-state index in [0.717, 1.165) is 25.8 Å². The number of amides is 1. The van der Waals surface area contributed by atoms with Crippen molar-refractivity contribution in [2.24, 2.45) is 5.92 Å². The summed E-state index contributed by atoms with van der Waals surface area (Å²) in [6.07, 6.45) is 3.27. The van der Waals surface area contributed by atoms with Crippen LogP contribution in [0.4, 0.5) is 0 Å². The van der Waals surface area contributed by atoms with E-state index in [1.807, 2.05) is 13.8 Å². The highest BCUT2D eigenvalue weighted by Gasteiger charge is 2.53. The summed E-state index contributed by atoms with van der Waals surface area (Å²) in [5.41, 5.74) is -0.487. The Hall–Kier alpha value is -0.610. The van der Waals surface area contributed by atoms with Gasteiger partial charge < -0.3 is 10.4 Å². The maximum atomic E-state index is 11.7. The van der Waals surface area contributed by atoms with Gasteiger partial charge in [-0.1, -0.05) is 6.92 Å². The van der Waals surface area contributed by atoms with E-state index in [1.54, 1.807) is 0 Å². The van der Waals surface area contributed by atoms with Crippen LogP contribution in [-0.2, 0) is 4.79 Å². The van der Waals surface area contributed by atoms with Gasteiger partial charge in [-0.05, 0) is 32.1 Å². The van der Waals surface area contributed by atoms with E-state index < -0.39 is 5.60 Å². The van der Waals surface area contributed by atoms with Gasteiger partial charge in [0, 0.05) is 19.6 Å². The SMILES string of the molecule is CCCNC(=O)C(C)N1CC(O)(C2CC2)C1. The molecule has 4 nitrogen and oxygen atoms in total. The average Bonchev–Trinajstić information content (AvgIpc) is 3.04. The zero-order chi connectivity index (χ0) is 11.8. The summed E-state index contributed by atoms with van der Waals surface area (Å²) in [7, 11) is 0. The molecule has 1 aliphatic heterocycles. The predicted octanol–water partition coefficient (Wildman–Crippen LogP) is 0.358. The van der Waals surface area contributed by atoms with Crippen LogP contribution >= 0.6 is 0 Å². The van der Waals surface area contributed by atoms with Crippen molar-refractivity contribution in [2.45, 2.75) is 44.8 Å². The normalized spacial score (nSPS) is 25.9. The molecular weight excluding hydrogens is 204 g/mol. The average molecular weight is 226 g/mol. The van der Waals surface area contributed by atoms with Crippen LogP contribution in [0.1, 0.15) is 33.1 Å². The molecule has 0 aromatic heterocycles.